The minimum atomic E-state index is -0.929. The molecule has 0 unspecified atom stereocenters. The van der Waals surface area contributed by atoms with Crippen molar-refractivity contribution in [3.8, 4) is 11.8 Å². The summed E-state index contributed by atoms with van der Waals surface area (Å²) in [5, 5.41) is 8.89. The van der Waals surface area contributed by atoms with Crippen LogP contribution in [0.5, 0.6) is 0 Å². The Hall–Kier alpha value is -2.61. The van der Waals surface area contributed by atoms with Gasteiger partial charge in [-0.25, -0.2) is 4.79 Å². The first-order valence-electron chi connectivity index (χ1n) is 8.28. The molecule has 0 atom stereocenters. The van der Waals surface area contributed by atoms with E-state index in [1.165, 1.54) is 5.56 Å². The van der Waals surface area contributed by atoms with Gasteiger partial charge in [0, 0.05) is 31.3 Å². The molecular formula is C21H23NO3. The van der Waals surface area contributed by atoms with E-state index in [9.17, 15) is 4.79 Å². The summed E-state index contributed by atoms with van der Waals surface area (Å²) in [7, 11) is 1.72. The number of ether oxygens (including phenoxy) is 1. The highest BCUT2D eigenvalue weighted by Gasteiger charge is 2.03. The number of carboxylic acid groups (broad SMARTS) is 1. The lowest BCUT2D eigenvalue weighted by Gasteiger charge is -2.19. The summed E-state index contributed by atoms with van der Waals surface area (Å²) >= 11 is 0. The van der Waals surface area contributed by atoms with Crippen molar-refractivity contribution in [2.24, 2.45) is 0 Å². The number of rotatable bonds is 7. The third-order valence-corrected chi connectivity index (χ3v) is 3.90. The van der Waals surface area contributed by atoms with Crippen LogP contribution < -0.4 is 0 Å². The topological polar surface area (TPSA) is 49.8 Å². The van der Waals surface area contributed by atoms with Gasteiger partial charge in [-0.3, -0.25) is 4.90 Å². The molecule has 2 aromatic carbocycles. The monoisotopic (exact) mass is 337 g/mol. The van der Waals surface area contributed by atoms with Crippen molar-refractivity contribution in [1.82, 2.24) is 4.90 Å². The Morgan fingerprint density at radius 3 is 2.08 bits per heavy atom. The summed E-state index contributed by atoms with van der Waals surface area (Å²) in [5.74, 6) is 5.23. The Labute approximate surface area is 149 Å². The van der Waals surface area contributed by atoms with Crippen LogP contribution in [0.3, 0.4) is 0 Å². The van der Waals surface area contributed by atoms with Crippen LogP contribution in [0.2, 0.25) is 0 Å². The maximum absolute atomic E-state index is 10.8. The Kier molecular flexibility index (Phi) is 7.21. The predicted octanol–water partition coefficient (Wildman–Crippen LogP) is 3.25. The molecule has 0 aliphatic rings. The second kappa shape index (κ2) is 9.63. The van der Waals surface area contributed by atoms with Crippen molar-refractivity contribution < 1.29 is 14.6 Å². The third-order valence-electron chi connectivity index (χ3n) is 3.90. The van der Waals surface area contributed by atoms with Crippen LogP contribution in [-0.2, 0) is 11.3 Å². The van der Waals surface area contributed by atoms with Gasteiger partial charge in [0.1, 0.15) is 0 Å². The van der Waals surface area contributed by atoms with Crippen LogP contribution in [0.4, 0.5) is 0 Å². The predicted molar refractivity (Wildman–Crippen MR) is 98.7 cm³/mol. The van der Waals surface area contributed by atoms with Crippen LogP contribution >= 0.6 is 0 Å². The van der Waals surface area contributed by atoms with Gasteiger partial charge in [-0.05, 0) is 48.5 Å². The molecule has 4 nitrogen and oxygen atoms in total. The van der Waals surface area contributed by atoms with Gasteiger partial charge in [-0.15, -0.1) is 0 Å². The average Bonchev–Trinajstić information content (AvgIpc) is 2.64. The lowest BCUT2D eigenvalue weighted by Crippen LogP contribution is -2.26. The van der Waals surface area contributed by atoms with E-state index in [0.29, 0.717) is 0 Å². The number of carboxylic acids is 1. The molecule has 0 radical (unpaired) electrons. The Morgan fingerprint density at radius 1 is 1.04 bits per heavy atom. The van der Waals surface area contributed by atoms with Gasteiger partial charge >= 0.3 is 5.97 Å². The fraction of sp³-hybridized carbons (Fsp3) is 0.286. The number of benzene rings is 2. The summed E-state index contributed by atoms with van der Waals surface area (Å²) < 4.78 is 5.13. The average molecular weight is 337 g/mol. The summed E-state index contributed by atoms with van der Waals surface area (Å²) in [5.41, 5.74) is 3.25. The summed E-state index contributed by atoms with van der Waals surface area (Å²) in [6.07, 6.45) is 0. The molecule has 0 aromatic heterocycles. The van der Waals surface area contributed by atoms with Crippen LogP contribution in [0.15, 0.2) is 48.5 Å². The molecule has 1 N–H and O–H groups in total. The van der Waals surface area contributed by atoms with E-state index in [1.807, 2.05) is 12.1 Å². The Balaban J connectivity index is 1.99. The zero-order chi connectivity index (χ0) is 18.1. The van der Waals surface area contributed by atoms with Crippen molar-refractivity contribution in [2.75, 3.05) is 26.8 Å². The molecule has 4 heteroatoms. The molecule has 25 heavy (non-hydrogen) atoms. The first kappa shape index (κ1) is 18.7. The number of carbonyl (C=O) groups is 1. The first-order valence-corrected chi connectivity index (χ1v) is 8.28. The highest BCUT2D eigenvalue weighted by molar-refractivity contribution is 5.87. The van der Waals surface area contributed by atoms with Gasteiger partial charge in [-0.1, -0.05) is 30.9 Å². The minimum Gasteiger partial charge on any atom is -0.478 e. The fourth-order valence-electron chi connectivity index (χ4n) is 2.36. The smallest absolute Gasteiger partial charge is 0.335 e. The first-order chi connectivity index (χ1) is 12.1. The lowest BCUT2D eigenvalue weighted by molar-refractivity contribution is 0.0697. The molecule has 2 aromatic rings. The lowest BCUT2D eigenvalue weighted by atomic mass is 10.1. The van der Waals surface area contributed by atoms with E-state index in [1.54, 1.807) is 31.4 Å². The van der Waals surface area contributed by atoms with E-state index >= 15 is 0 Å². The number of hydrogen-bond acceptors (Lipinski definition) is 3. The molecule has 0 bridgehead atoms. The molecule has 0 spiro atoms. The minimum absolute atomic E-state index is 0.267. The number of nitrogens with zero attached hydrogens (tertiary/aromatic N) is 1. The highest BCUT2D eigenvalue weighted by Crippen LogP contribution is 2.08. The molecule has 2 rings (SSSR count). The number of aromatic carboxylic acids is 1. The van der Waals surface area contributed by atoms with Crippen molar-refractivity contribution in [2.45, 2.75) is 13.5 Å². The van der Waals surface area contributed by atoms with Crippen LogP contribution in [0.1, 0.15) is 34.0 Å². The van der Waals surface area contributed by atoms with Crippen molar-refractivity contribution in [3.63, 3.8) is 0 Å². The molecule has 0 heterocycles. The quantitative estimate of drug-likeness (QED) is 0.788. The fourth-order valence-corrected chi connectivity index (χ4v) is 2.36. The Morgan fingerprint density at radius 2 is 1.60 bits per heavy atom. The zero-order valence-electron chi connectivity index (χ0n) is 14.7. The standard InChI is InChI=1S/C21H23NO3/c1-3-22(14-15-25-2)16-19-8-6-17(7-9-19)4-5-18-10-12-20(13-11-18)21(23)24/h6-13H,3,14-16H2,1-2H3,(H,23,24). The largest absolute Gasteiger partial charge is 0.478 e. The van der Waals surface area contributed by atoms with E-state index in [-0.39, 0.29) is 5.56 Å². The van der Waals surface area contributed by atoms with E-state index in [2.05, 4.69) is 35.8 Å². The van der Waals surface area contributed by atoms with Crippen LogP contribution in [-0.4, -0.2) is 42.8 Å². The molecule has 0 fully saturated rings. The van der Waals surface area contributed by atoms with Crippen molar-refractivity contribution in [1.29, 1.82) is 0 Å². The summed E-state index contributed by atoms with van der Waals surface area (Å²) in [6, 6.07) is 14.8. The van der Waals surface area contributed by atoms with Gasteiger partial charge in [0.15, 0.2) is 0 Å². The maximum atomic E-state index is 10.8. The Bertz CT molecular complexity index is 739. The SMILES string of the molecule is CCN(CCOC)Cc1ccc(C#Cc2ccc(C(=O)O)cc2)cc1. The second-order valence-electron chi connectivity index (χ2n) is 5.69. The molecule has 0 aliphatic heterocycles. The molecular weight excluding hydrogens is 314 g/mol. The van der Waals surface area contributed by atoms with Gasteiger partial charge in [0.05, 0.1) is 12.2 Å². The van der Waals surface area contributed by atoms with E-state index in [0.717, 1.165) is 37.4 Å². The summed E-state index contributed by atoms with van der Waals surface area (Å²) in [4.78, 5) is 13.2. The highest BCUT2D eigenvalue weighted by atomic mass is 16.5. The second-order valence-corrected chi connectivity index (χ2v) is 5.69. The molecule has 0 amide bonds. The molecule has 130 valence electrons. The zero-order valence-corrected chi connectivity index (χ0v) is 14.7. The third kappa shape index (κ3) is 6.07. The molecule has 0 aliphatic carbocycles. The summed E-state index contributed by atoms with van der Waals surface area (Å²) in [6.45, 7) is 5.67. The molecule has 0 saturated heterocycles. The van der Waals surface area contributed by atoms with E-state index < -0.39 is 5.97 Å². The van der Waals surface area contributed by atoms with Crippen LogP contribution in [0.25, 0.3) is 0 Å². The number of likely N-dealkylation sites (N-methyl/N-ethyl adjacent to an activating group) is 1. The van der Waals surface area contributed by atoms with Gasteiger partial charge < -0.3 is 9.84 Å². The van der Waals surface area contributed by atoms with Gasteiger partial charge in [0.25, 0.3) is 0 Å². The van der Waals surface area contributed by atoms with E-state index in [4.69, 9.17) is 9.84 Å². The van der Waals surface area contributed by atoms with Crippen molar-refractivity contribution in [3.05, 3.63) is 70.8 Å². The normalized spacial score (nSPS) is 10.4. The number of methoxy groups -OCH3 is 1. The maximum Gasteiger partial charge on any atom is 0.335 e. The molecule has 0 saturated carbocycles. The van der Waals surface area contributed by atoms with Gasteiger partial charge in [0.2, 0.25) is 0 Å². The number of hydrogen-bond donors (Lipinski definition) is 1. The van der Waals surface area contributed by atoms with Crippen molar-refractivity contribution >= 4 is 5.97 Å². The van der Waals surface area contributed by atoms with Crippen LogP contribution in [0, 0.1) is 11.8 Å². The van der Waals surface area contributed by atoms with Gasteiger partial charge in [-0.2, -0.15) is 0 Å².